The highest BCUT2D eigenvalue weighted by molar-refractivity contribution is 8.00. The predicted molar refractivity (Wildman–Crippen MR) is 195 cm³/mol. The largest absolute Gasteiger partial charge is 0.389 e. The summed E-state index contributed by atoms with van der Waals surface area (Å²) in [6.45, 7) is 2.81. The van der Waals surface area contributed by atoms with Crippen molar-refractivity contribution in [3.05, 3.63) is 120 Å². The molecule has 0 aliphatic heterocycles. The zero-order valence-electron chi connectivity index (χ0n) is 28.5. The highest BCUT2D eigenvalue weighted by Gasteiger charge is 2.52. The lowest BCUT2D eigenvalue weighted by atomic mass is 9.84. The Labute approximate surface area is 297 Å². The van der Waals surface area contributed by atoms with Gasteiger partial charge in [-0.05, 0) is 42.9 Å². The second-order valence-electron chi connectivity index (χ2n) is 12.4. The van der Waals surface area contributed by atoms with E-state index in [1.54, 1.807) is 12.2 Å². The molecule has 50 heavy (non-hydrogen) atoms. The summed E-state index contributed by atoms with van der Waals surface area (Å²) in [5.41, 5.74) is 1.72. The Hall–Kier alpha value is -4.74. The van der Waals surface area contributed by atoms with E-state index in [1.807, 2.05) is 97.9 Å². The van der Waals surface area contributed by atoms with Crippen LogP contribution in [0.4, 0.5) is 0 Å². The Balaban J connectivity index is 1.60. The van der Waals surface area contributed by atoms with Gasteiger partial charge < -0.3 is 26.4 Å². The van der Waals surface area contributed by atoms with Crippen LogP contribution in [-0.4, -0.2) is 71.0 Å². The average molecular weight is 699 g/mol. The van der Waals surface area contributed by atoms with E-state index in [1.165, 1.54) is 18.7 Å². The van der Waals surface area contributed by atoms with Crippen LogP contribution in [0, 0.1) is 0 Å². The number of Topliss-reactive ketones (excluding diaryl/α,β-unsaturated/α-hetero) is 1. The lowest BCUT2D eigenvalue weighted by Crippen LogP contribution is -2.57. The van der Waals surface area contributed by atoms with E-state index in [2.05, 4.69) is 21.3 Å². The molecule has 4 rings (SSSR count). The molecule has 3 aromatic carbocycles. The van der Waals surface area contributed by atoms with E-state index in [0.717, 1.165) is 29.5 Å². The SMILES string of the molecule is CCC/C=C/[C@@H](O)CC(=O)NCC(=O)N[C@H](CSC(c1ccccc1)(c1ccccc1)c1ccccc1)C(=O)NC1(C(=O)NCC(C)=O)CC1. The third-order valence-electron chi connectivity index (χ3n) is 8.36. The van der Waals surface area contributed by atoms with Crippen molar-refractivity contribution in [2.75, 3.05) is 18.8 Å². The third-order valence-corrected chi connectivity index (χ3v) is 10.00. The molecule has 11 heteroatoms. The van der Waals surface area contributed by atoms with Crippen molar-refractivity contribution in [1.82, 2.24) is 21.3 Å². The van der Waals surface area contributed by atoms with E-state index in [-0.39, 0.29) is 24.5 Å². The van der Waals surface area contributed by atoms with Crippen molar-refractivity contribution >= 4 is 41.2 Å². The number of aliphatic hydroxyl groups is 1. The number of unbranched alkanes of at least 4 members (excludes halogenated alkanes) is 1. The van der Waals surface area contributed by atoms with Crippen molar-refractivity contribution < 1.29 is 29.1 Å². The topological polar surface area (TPSA) is 154 Å². The predicted octanol–water partition coefficient (Wildman–Crippen LogP) is 3.77. The van der Waals surface area contributed by atoms with E-state index < -0.39 is 52.6 Å². The van der Waals surface area contributed by atoms with Gasteiger partial charge in [-0.1, -0.05) is 116 Å². The summed E-state index contributed by atoms with van der Waals surface area (Å²) < 4.78 is -0.793. The van der Waals surface area contributed by atoms with E-state index in [4.69, 9.17) is 0 Å². The van der Waals surface area contributed by atoms with Gasteiger partial charge in [0.25, 0.3) is 0 Å². The quantitative estimate of drug-likeness (QED) is 0.0944. The Morgan fingerprint density at radius 1 is 0.820 bits per heavy atom. The Morgan fingerprint density at radius 2 is 1.36 bits per heavy atom. The lowest BCUT2D eigenvalue weighted by Gasteiger charge is -2.36. The first-order valence-electron chi connectivity index (χ1n) is 16.9. The van der Waals surface area contributed by atoms with Crippen LogP contribution in [0.3, 0.4) is 0 Å². The molecule has 10 nitrogen and oxygen atoms in total. The monoisotopic (exact) mass is 698 g/mol. The first kappa shape index (κ1) is 38.1. The minimum Gasteiger partial charge on any atom is -0.389 e. The number of rotatable bonds is 19. The molecule has 0 bridgehead atoms. The summed E-state index contributed by atoms with van der Waals surface area (Å²) in [7, 11) is 0. The Bertz CT molecular complexity index is 1530. The first-order valence-corrected chi connectivity index (χ1v) is 17.9. The molecule has 0 radical (unpaired) electrons. The van der Waals surface area contributed by atoms with Crippen LogP contribution in [0.5, 0.6) is 0 Å². The summed E-state index contributed by atoms with van der Waals surface area (Å²) in [5.74, 6) is -2.26. The zero-order valence-corrected chi connectivity index (χ0v) is 29.3. The fourth-order valence-electron chi connectivity index (χ4n) is 5.56. The molecule has 0 spiro atoms. The second-order valence-corrected chi connectivity index (χ2v) is 13.7. The smallest absolute Gasteiger partial charge is 0.246 e. The van der Waals surface area contributed by atoms with E-state index in [9.17, 15) is 29.1 Å². The lowest BCUT2D eigenvalue weighted by molar-refractivity contribution is -0.133. The molecule has 0 unspecified atom stereocenters. The van der Waals surface area contributed by atoms with Crippen molar-refractivity contribution in [1.29, 1.82) is 0 Å². The van der Waals surface area contributed by atoms with Gasteiger partial charge in [-0.25, -0.2) is 0 Å². The fourth-order valence-corrected chi connectivity index (χ4v) is 7.12. The van der Waals surface area contributed by atoms with Crippen molar-refractivity contribution in [2.45, 2.75) is 68.4 Å². The minimum absolute atomic E-state index is 0.0935. The summed E-state index contributed by atoms with van der Waals surface area (Å²) >= 11 is 1.47. The number of benzene rings is 3. The molecule has 0 saturated heterocycles. The summed E-state index contributed by atoms with van der Waals surface area (Å²) in [5, 5.41) is 20.9. The molecule has 1 aliphatic carbocycles. The Morgan fingerprint density at radius 3 is 1.84 bits per heavy atom. The summed E-state index contributed by atoms with van der Waals surface area (Å²) in [6.07, 6.45) is 4.65. The molecular formula is C39H46N4O6S. The van der Waals surface area contributed by atoms with Crippen LogP contribution in [-0.2, 0) is 28.7 Å². The van der Waals surface area contributed by atoms with Crippen LogP contribution < -0.4 is 21.3 Å². The maximum Gasteiger partial charge on any atom is 0.246 e. The van der Waals surface area contributed by atoms with Crippen molar-refractivity contribution in [3.63, 3.8) is 0 Å². The third kappa shape index (κ3) is 10.4. The van der Waals surface area contributed by atoms with E-state index >= 15 is 0 Å². The van der Waals surface area contributed by atoms with Crippen LogP contribution in [0.1, 0.15) is 62.6 Å². The van der Waals surface area contributed by atoms with Gasteiger partial charge in [-0.15, -0.1) is 11.8 Å². The van der Waals surface area contributed by atoms with Crippen LogP contribution >= 0.6 is 11.8 Å². The van der Waals surface area contributed by atoms with Crippen LogP contribution in [0.15, 0.2) is 103 Å². The maximum absolute atomic E-state index is 14.0. The molecule has 5 N–H and O–H groups in total. The number of ketones is 1. The summed E-state index contributed by atoms with van der Waals surface area (Å²) in [4.78, 5) is 64.3. The van der Waals surface area contributed by atoms with Crippen molar-refractivity contribution in [2.24, 2.45) is 0 Å². The highest BCUT2D eigenvalue weighted by atomic mass is 32.2. The molecule has 0 heterocycles. The fraction of sp³-hybridized carbons (Fsp3) is 0.359. The van der Waals surface area contributed by atoms with Gasteiger partial charge in [0.15, 0.2) is 0 Å². The number of aliphatic hydroxyl groups excluding tert-OH is 1. The summed E-state index contributed by atoms with van der Waals surface area (Å²) in [6, 6.07) is 28.6. The minimum atomic E-state index is -1.18. The van der Waals surface area contributed by atoms with E-state index in [0.29, 0.717) is 12.8 Å². The number of carbonyl (C=O) groups excluding carboxylic acids is 5. The molecule has 1 saturated carbocycles. The number of amides is 4. The Kier molecular flexibility index (Phi) is 13.9. The average Bonchev–Trinajstić information content (AvgIpc) is 3.91. The number of nitrogens with one attached hydrogen (secondary N) is 4. The second kappa shape index (κ2) is 18.3. The number of carbonyl (C=O) groups is 5. The van der Waals surface area contributed by atoms with Crippen LogP contribution in [0.2, 0.25) is 0 Å². The normalized spacial score (nSPS) is 14.6. The molecule has 1 fully saturated rings. The van der Waals surface area contributed by atoms with Gasteiger partial charge in [0.2, 0.25) is 23.6 Å². The molecule has 2 atom stereocenters. The molecule has 1 aliphatic rings. The number of hydrogen-bond acceptors (Lipinski definition) is 7. The number of hydrogen-bond donors (Lipinski definition) is 5. The van der Waals surface area contributed by atoms with Crippen LogP contribution in [0.25, 0.3) is 0 Å². The standard InChI is InChI=1S/C39H46N4O6S/c1-3-4-8-21-32(45)24-34(46)40-26-35(47)42-33(36(48)43-38(22-23-38)37(49)41-25-28(2)44)27-50-39(29-15-9-5-10-16-29,30-17-11-6-12-18-30)31-19-13-7-14-20-31/h5-21,32-33,45H,3-4,22-27H2,1-2H3,(H,40,46)(H,41,49)(H,42,47)(H,43,48)/b21-8+/t32-,33-/m1/s1. The molecule has 0 aromatic heterocycles. The van der Waals surface area contributed by atoms with Gasteiger partial charge in [0, 0.05) is 5.75 Å². The van der Waals surface area contributed by atoms with Gasteiger partial charge >= 0.3 is 0 Å². The number of allylic oxidation sites excluding steroid dienone is 1. The van der Waals surface area contributed by atoms with Gasteiger partial charge in [0.1, 0.15) is 17.4 Å². The highest BCUT2D eigenvalue weighted by Crippen LogP contribution is 2.48. The molecule has 4 amide bonds. The molecular weight excluding hydrogens is 653 g/mol. The number of thioether (sulfide) groups is 1. The van der Waals surface area contributed by atoms with Gasteiger partial charge in [-0.2, -0.15) is 0 Å². The maximum atomic E-state index is 14.0. The van der Waals surface area contributed by atoms with Crippen molar-refractivity contribution in [3.8, 4) is 0 Å². The molecule has 3 aromatic rings. The molecule has 264 valence electrons. The zero-order chi connectivity index (χ0) is 36.0. The van der Waals surface area contributed by atoms with Gasteiger partial charge in [-0.3, -0.25) is 24.0 Å². The van der Waals surface area contributed by atoms with Gasteiger partial charge in [0.05, 0.1) is 30.4 Å². The first-order chi connectivity index (χ1) is 24.1.